The molecule has 0 saturated heterocycles. The molecule has 0 saturated carbocycles. The van der Waals surface area contributed by atoms with Crippen LogP contribution in [0.3, 0.4) is 0 Å². The number of fused-ring (bicyclic) bond motifs is 3. The number of nitrogens with zero attached hydrogens (tertiary/aromatic N) is 2. The summed E-state index contributed by atoms with van der Waals surface area (Å²) < 4.78 is 0. The van der Waals surface area contributed by atoms with Gasteiger partial charge in [0.15, 0.2) is 5.69 Å². The molecule has 0 bridgehead atoms. The van der Waals surface area contributed by atoms with Gasteiger partial charge < -0.3 is 4.84 Å². The van der Waals surface area contributed by atoms with E-state index in [1.165, 1.54) is 29.2 Å². The van der Waals surface area contributed by atoms with E-state index in [1.807, 2.05) is 25.1 Å². The Balaban J connectivity index is 2.18. The molecule has 1 aliphatic carbocycles. The zero-order valence-electron chi connectivity index (χ0n) is 15.6. The predicted molar refractivity (Wildman–Crippen MR) is 103 cm³/mol. The molecule has 3 rings (SSSR count). The van der Waals surface area contributed by atoms with Crippen LogP contribution in [0.1, 0.15) is 57.2 Å². The van der Waals surface area contributed by atoms with Crippen LogP contribution in [0.2, 0.25) is 0 Å². The molecule has 0 spiro atoms. The van der Waals surface area contributed by atoms with Crippen LogP contribution < -0.4 is 0 Å². The summed E-state index contributed by atoms with van der Waals surface area (Å²) in [6.07, 6.45) is 1.91. The van der Waals surface area contributed by atoms with Gasteiger partial charge in [-0.15, -0.1) is 0 Å². The number of carbonyl (C=O) groups excluding carboxylic acids is 1. The molecule has 2 aromatic carbocycles. The molecular weight excluding hydrogens is 324 g/mol. The van der Waals surface area contributed by atoms with Crippen molar-refractivity contribution in [3.8, 4) is 11.1 Å². The first kappa shape index (κ1) is 17.9. The number of rotatable bonds is 4. The largest absolute Gasteiger partial charge is 0.331 e. The van der Waals surface area contributed by atoms with Crippen molar-refractivity contribution in [1.29, 1.82) is 0 Å². The Bertz CT molecular complexity index is 947. The van der Waals surface area contributed by atoms with Crippen molar-refractivity contribution >= 4 is 17.4 Å². The number of hydrogen-bond acceptors (Lipinski definition) is 3. The molecule has 1 aliphatic rings. The van der Waals surface area contributed by atoms with E-state index in [4.69, 9.17) is 11.4 Å². The topological polar surface area (TPSA) is 43.0 Å². The smallest absolute Gasteiger partial charge is 0.318 e. The summed E-state index contributed by atoms with van der Waals surface area (Å²) in [6.45, 7) is 14.9. The number of hydrogen-bond donors (Lipinski definition) is 0. The van der Waals surface area contributed by atoms with Gasteiger partial charge >= 0.3 is 5.97 Å². The second-order valence-electron chi connectivity index (χ2n) is 6.65. The van der Waals surface area contributed by atoms with E-state index in [1.54, 1.807) is 0 Å². The summed E-state index contributed by atoms with van der Waals surface area (Å²) in [7, 11) is 0. The average molecular weight is 346 g/mol. The van der Waals surface area contributed by atoms with Gasteiger partial charge in [0.2, 0.25) is 0 Å². The van der Waals surface area contributed by atoms with Crippen LogP contribution in [0.4, 0.5) is 5.69 Å². The highest BCUT2D eigenvalue weighted by molar-refractivity contribution is 6.00. The van der Waals surface area contributed by atoms with Gasteiger partial charge in [0.1, 0.15) is 0 Å². The van der Waals surface area contributed by atoms with Crippen LogP contribution in [0.15, 0.2) is 41.6 Å². The number of oxime groups is 1. The summed E-state index contributed by atoms with van der Waals surface area (Å²) in [5.74, 6) is -0.430. The highest BCUT2D eigenvalue weighted by Crippen LogP contribution is 2.53. The summed E-state index contributed by atoms with van der Waals surface area (Å²) >= 11 is 0. The van der Waals surface area contributed by atoms with E-state index in [0.29, 0.717) is 11.4 Å². The standard InChI is InChI=1S/C22H22N2O2/c1-6-22(7-2)20-12-16(14(3)24-26-15(4)25)8-10-18(20)19-11-9-17(23-5)13-21(19)22/h8-13H,6-7H2,1-4H3. The van der Waals surface area contributed by atoms with Gasteiger partial charge in [-0.1, -0.05) is 49.3 Å². The highest BCUT2D eigenvalue weighted by Gasteiger charge is 2.40. The third kappa shape index (κ3) is 2.70. The fourth-order valence-corrected chi connectivity index (χ4v) is 3.98. The van der Waals surface area contributed by atoms with Gasteiger partial charge in [-0.3, -0.25) is 0 Å². The minimum atomic E-state index is -0.430. The van der Waals surface area contributed by atoms with Crippen molar-refractivity contribution < 1.29 is 9.63 Å². The molecule has 4 nitrogen and oxygen atoms in total. The molecule has 132 valence electrons. The lowest BCUT2D eigenvalue weighted by molar-refractivity contribution is -0.140. The molecule has 0 amide bonds. The third-order valence-corrected chi connectivity index (χ3v) is 5.41. The molecule has 0 radical (unpaired) electrons. The van der Waals surface area contributed by atoms with Crippen molar-refractivity contribution in [2.75, 3.05) is 0 Å². The maximum Gasteiger partial charge on any atom is 0.331 e. The zero-order chi connectivity index (χ0) is 18.9. The summed E-state index contributed by atoms with van der Waals surface area (Å²) in [4.78, 5) is 19.4. The van der Waals surface area contributed by atoms with Gasteiger partial charge in [0.25, 0.3) is 0 Å². The lowest BCUT2D eigenvalue weighted by Crippen LogP contribution is -2.23. The Morgan fingerprint density at radius 1 is 1.08 bits per heavy atom. The second-order valence-corrected chi connectivity index (χ2v) is 6.65. The van der Waals surface area contributed by atoms with E-state index >= 15 is 0 Å². The molecule has 0 N–H and O–H groups in total. The lowest BCUT2D eigenvalue weighted by atomic mass is 9.73. The maximum atomic E-state index is 11.0. The van der Waals surface area contributed by atoms with Crippen LogP contribution in [0.5, 0.6) is 0 Å². The van der Waals surface area contributed by atoms with Gasteiger partial charge in [-0.2, -0.15) is 0 Å². The van der Waals surface area contributed by atoms with Crippen molar-refractivity contribution in [2.24, 2.45) is 5.16 Å². The fraction of sp³-hybridized carbons (Fsp3) is 0.318. The van der Waals surface area contributed by atoms with Gasteiger partial charge in [0, 0.05) is 12.3 Å². The fourth-order valence-electron chi connectivity index (χ4n) is 3.98. The molecule has 0 heterocycles. The van der Waals surface area contributed by atoms with Crippen LogP contribution in [0, 0.1) is 6.57 Å². The van der Waals surface area contributed by atoms with Crippen LogP contribution in [0.25, 0.3) is 16.0 Å². The van der Waals surface area contributed by atoms with E-state index in [-0.39, 0.29) is 5.41 Å². The minimum absolute atomic E-state index is 0.108. The van der Waals surface area contributed by atoms with Crippen LogP contribution >= 0.6 is 0 Å². The normalized spacial score (nSPS) is 14.3. The molecule has 0 fully saturated rings. The third-order valence-electron chi connectivity index (χ3n) is 5.41. The maximum absolute atomic E-state index is 11.0. The first-order chi connectivity index (χ1) is 12.5. The molecule has 0 unspecified atom stereocenters. The van der Waals surface area contributed by atoms with Crippen molar-refractivity contribution in [1.82, 2.24) is 0 Å². The monoisotopic (exact) mass is 346 g/mol. The molecular formula is C22H22N2O2. The average Bonchev–Trinajstić information content (AvgIpc) is 2.94. The minimum Gasteiger partial charge on any atom is -0.318 e. The number of benzene rings is 2. The first-order valence-corrected chi connectivity index (χ1v) is 8.86. The molecule has 26 heavy (non-hydrogen) atoms. The lowest BCUT2D eigenvalue weighted by Gasteiger charge is -2.30. The molecule has 2 aromatic rings. The Hall–Kier alpha value is -2.93. The van der Waals surface area contributed by atoms with E-state index in [2.05, 4.69) is 42.0 Å². The summed E-state index contributed by atoms with van der Waals surface area (Å²) in [5, 5.41) is 3.92. The Morgan fingerprint density at radius 2 is 1.69 bits per heavy atom. The van der Waals surface area contributed by atoms with Crippen molar-refractivity contribution in [3.05, 3.63) is 64.5 Å². The highest BCUT2D eigenvalue weighted by atomic mass is 16.7. The zero-order valence-corrected chi connectivity index (χ0v) is 15.6. The van der Waals surface area contributed by atoms with Crippen LogP contribution in [-0.2, 0) is 15.0 Å². The number of carbonyl (C=O) groups is 1. The quantitative estimate of drug-likeness (QED) is 0.312. The van der Waals surface area contributed by atoms with Gasteiger partial charge in [-0.05, 0) is 53.6 Å². The first-order valence-electron chi connectivity index (χ1n) is 8.86. The van der Waals surface area contributed by atoms with Crippen molar-refractivity contribution in [3.63, 3.8) is 0 Å². The predicted octanol–water partition coefficient (Wildman–Crippen LogP) is 5.61. The summed E-state index contributed by atoms with van der Waals surface area (Å²) in [5.41, 5.74) is 7.09. The van der Waals surface area contributed by atoms with E-state index in [0.717, 1.165) is 18.4 Å². The molecule has 4 heteroatoms. The molecule has 0 aromatic heterocycles. The van der Waals surface area contributed by atoms with Crippen molar-refractivity contribution in [2.45, 2.75) is 46.0 Å². The molecule has 0 atom stereocenters. The molecule has 0 aliphatic heterocycles. The second kappa shape index (κ2) is 6.76. The summed E-state index contributed by atoms with van der Waals surface area (Å²) in [6, 6.07) is 12.3. The Kier molecular flexibility index (Phi) is 4.65. The Labute approximate surface area is 154 Å². The van der Waals surface area contributed by atoms with E-state index in [9.17, 15) is 4.79 Å². The van der Waals surface area contributed by atoms with Gasteiger partial charge in [-0.25, -0.2) is 9.64 Å². The SMILES string of the molecule is [C-]#[N+]c1ccc2c(c1)C(CC)(CC)c1cc(C(C)=NOC(C)=O)ccc1-2. The van der Waals surface area contributed by atoms with Gasteiger partial charge in [0.05, 0.1) is 12.3 Å². The Morgan fingerprint density at radius 3 is 2.27 bits per heavy atom. The van der Waals surface area contributed by atoms with E-state index < -0.39 is 5.97 Å². The van der Waals surface area contributed by atoms with Crippen LogP contribution in [-0.4, -0.2) is 11.7 Å².